The Kier molecular flexibility index (Phi) is 3.76. The summed E-state index contributed by atoms with van der Waals surface area (Å²) in [7, 11) is 0. The Morgan fingerprint density at radius 2 is 1.88 bits per heavy atom. The van der Waals surface area contributed by atoms with Crippen LogP contribution in [-0.2, 0) is 9.53 Å². The molecule has 2 rings (SSSR count). The van der Waals surface area contributed by atoms with Crippen molar-refractivity contribution in [3.63, 3.8) is 0 Å². The summed E-state index contributed by atoms with van der Waals surface area (Å²) < 4.78 is 43.0. The fourth-order valence-corrected chi connectivity index (χ4v) is 2.84. The predicted octanol–water partition coefficient (Wildman–Crippen LogP) is 2.96. The second-order valence-electron chi connectivity index (χ2n) is 5.06. The number of hydrogen-bond donors (Lipinski definition) is 0. The van der Waals surface area contributed by atoms with Crippen LogP contribution in [0.4, 0.5) is 13.2 Å². The molecule has 5 heteroatoms. The average Bonchev–Trinajstić information content (AvgIpc) is 2.80. The van der Waals surface area contributed by atoms with Crippen LogP contribution in [0.3, 0.4) is 0 Å². The molecular weight excluding hydrogens is 233 g/mol. The lowest BCUT2D eigenvalue weighted by molar-refractivity contribution is -0.186. The van der Waals surface area contributed by atoms with E-state index in [9.17, 15) is 18.0 Å². The Morgan fingerprint density at radius 1 is 1.12 bits per heavy atom. The van der Waals surface area contributed by atoms with E-state index >= 15 is 0 Å². The highest BCUT2D eigenvalue weighted by atomic mass is 19.4. The first kappa shape index (κ1) is 12.9. The molecule has 17 heavy (non-hydrogen) atoms. The fraction of sp³-hybridized carbons (Fsp3) is 0.917. The van der Waals surface area contributed by atoms with Gasteiger partial charge in [0.1, 0.15) is 5.78 Å². The number of Topliss-reactive ketones (excluding diaryl/α,β-unsaturated/α-hetero) is 1. The van der Waals surface area contributed by atoms with Crippen molar-refractivity contribution in [2.24, 2.45) is 17.8 Å². The van der Waals surface area contributed by atoms with Crippen LogP contribution in [0.15, 0.2) is 0 Å². The summed E-state index contributed by atoms with van der Waals surface area (Å²) in [5, 5.41) is 0. The van der Waals surface area contributed by atoms with E-state index in [2.05, 4.69) is 0 Å². The molecule has 2 fully saturated rings. The third-order valence-electron chi connectivity index (χ3n) is 3.87. The number of carbonyl (C=O) groups excluding carboxylic acids is 1. The van der Waals surface area contributed by atoms with Gasteiger partial charge in [-0.2, -0.15) is 13.2 Å². The van der Waals surface area contributed by atoms with Crippen molar-refractivity contribution in [1.29, 1.82) is 0 Å². The van der Waals surface area contributed by atoms with Crippen LogP contribution < -0.4 is 0 Å². The van der Waals surface area contributed by atoms with Crippen LogP contribution in [0.25, 0.3) is 0 Å². The maximum atomic E-state index is 12.6. The van der Waals surface area contributed by atoms with Gasteiger partial charge in [-0.05, 0) is 25.7 Å². The Balaban J connectivity index is 1.94. The van der Waals surface area contributed by atoms with Gasteiger partial charge in [-0.3, -0.25) is 4.79 Å². The highest BCUT2D eigenvalue weighted by molar-refractivity contribution is 5.83. The van der Waals surface area contributed by atoms with E-state index in [4.69, 9.17) is 4.74 Å². The van der Waals surface area contributed by atoms with Gasteiger partial charge in [-0.25, -0.2) is 0 Å². The molecule has 1 aliphatic heterocycles. The lowest BCUT2D eigenvalue weighted by Crippen LogP contribution is -2.34. The Morgan fingerprint density at radius 3 is 2.47 bits per heavy atom. The quantitative estimate of drug-likeness (QED) is 0.753. The number of ether oxygens (including phenoxy) is 1. The Hall–Kier alpha value is -0.580. The number of carbonyl (C=O) groups is 1. The van der Waals surface area contributed by atoms with Crippen LogP contribution in [0.2, 0.25) is 0 Å². The molecule has 2 nitrogen and oxygen atoms in total. The molecule has 0 N–H and O–H groups in total. The third kappa shape index (κ3) is 3.00. The maximum Gasteiger partial charge on any atom is 0.391 e. The average molecular weight is 250 g/mol. The summed E-state index contributed by atoms with van der Waals surface area (Å²) in [5.74, 6) is -1.85. The minimum atomic E-state index is -4.15. The second-order valence-corrected chi connectivity index (χ2v) is 5.06. The van der Waals surface area contributed by atoms with Crippen LogP contribution >= 0.6 is 0 Å². The largest absolute Gasteiger partial charge is 0.391 e. The van der Waals surface area contributed by atoms with E-state index in [1.165, 1.54) is 0 Å². The van der Waals surface area contributed by atoms with E-state index in [1.54, 1.807) is 0 Å². The molecule has 1 heterocycles. The van der Waals surface area contributed by atoms with Crippen molar-refractivity contribution in [3.8, 4) is 0 Å². The molecule has 2 aliphatic rings. The maximum absolute atomic E-state index is 12.6. The summed E-state index contributed by atoms with van der Waals surface area (Å²) in [6.45, 7) is 0.956. The normalized spacial score (nSPS) is 34.9. The van der Waals surface area contributed by atoms with Gasteiger partial charge in [0.25, 0.3) is 0 Å². The monoisotopic (exact) mass is 250 g/mol. The third-order valence-corrected chi connectivity index (χ3v) is 3.87. The first-order valence-corrected chi connectivity index (χ1v) is 6.16. The molecule has 0 bridgehead atoms. The number of hydrogen-bond acceptors (Lipinski definition) is 2. The van der Waals surface area contributed by atoms with E-state index in [-0.39, 0.29) is 24.5 Å². The first-order chi connectivity index (χ1) is 7.98. The molecule has 1 aliphatic carbocycles. The molecule has 0 radical (unpaired) electrons. The Labute approximate surface area is 98.5 Å². The van der Waals surface area contributed by atoms with E-state index in [0.29, 0.717) is 32.5 Å². The highest BCUT2D eigenvalue weighted by Gasteiger charge is 2.44. The molecule has 0 aromatic carbocycles. The molecule has 98 valence electrons. The highest BCUT2D eigenvalue weighted by Crippen LogP contribution is 2.41. The van der Waals surface area contributed by atoms with Gasteiger partial charge >= 0.3 is 6.18 Å². The lowest BCUT2D eigenvalue weighted by Gasteiger charge is -2.30. The van der Waals surface area contributed by atoms with Crippen LogP contribution in [0.1, 0.15) is 32.1 Å². The van der Waals surface area contributed by atoms with E-state index in [1.807, 2.05) is 0 Å². The van der Waals surface area contributed by atoms with Crippen molar-refractivity contribution < 1.29 is 22.7 Å². The van der Waals surface area contributed by atoms with Gasteiger partial charge in [0.05, 0.1) is 12.5 Å². The molecule has 1 saturated heterocycles. The van der Waals surface area contributed by atoms with Gasteiger partial charge in [-0.1, -0.05) is 6.42 Å². The lowest BCUT2D eigenvalue weighted by atomic mass is 9.76. The van der Waals surface area contributed by atoms with Gasteiger partial charge in [0, 0.05) is 18.4 Å². The Bertz CT molecular complexity index is 282. The zero-order valence-electron chi connectivity index (χ0n) is 9.63. The van der Waals surface area contributed by atoms with Gasteiger partial charge in [0.2, 0.25) is 0 Å². The van der Waals surface area contributed by atoms with Gasteiger partial charge < -0.3 is 4.74 Å². The van der Waals surface area contributed by atoms with Crippen molar-refractivity contribution >= 4 is 5.78 Å². The molecular formula is C12H17F3O2. The van der Waals surface area contributed by atoms with Crippen molar-refractivity contribution in [1.82, 2.24) is 0 Å². The summed E-state index contributed by atoms with van der Waals surface area (Å²) in [6.07, 6.45) is -2.19. The van der Waals surface area contributed by atoms with Crippen molar-refractivity contribution in [3.05, 3.63) is 0 Å². The number of halogens is 3. The zero-order chi connectivity index (χ0) is 12.5. The molecule has 0 aromatic heterocycles. The first-order valence-electron chi connectivity index (χ1n) is 6.16. The topological polar surface area (TPSA) is 26.3 Å². The smallest absolute Gasteiger partial charge is 0.381 e. The van der Waals surface area contributed by atoms with E-state index in [0.717, 1.165) is 0 Å². The van der Waals surface area contributed by atoms with Crippen LogP contribution in [0, 0.1) is 17.8 Å². The number of ketones is 1. The van der Waals surface area contributed by atoms with Gasteiger partial charge in [0.15, 0.2) is 0 Å². The molecule has 0 aromatic rings. The van der Waals surface area contributed by atoms with Crippen LogP contribution in [0.5, 0.6) is 0 Å². The SMILES string of the molecule is O=C(C1CCOC1)C1CCCC(C(F)(F)F)C1. The van der Waals surface area contributed by atoms with Gasteiger partial charge in [-0.15, -0.1) is 0 Å². The molecule has 3 atom stereocenters. The molecule has 0 spiro atoms. The van der Waals surface area contributed by atoms with Crippen molar-refractivity contribution in [2.75, 3.05) is 13.2 Å². The minimum Gasteiger partial charge on any atom is -0.381 e. The molecule has 3 unspecified atom stereocenters. The summed E-state index contributed by atoms with van der Waals surface area (Å²) in [6, 6.07) is 0. The standard InChI is InChI=1S/C12H17F3O2/c13-12(14,15)10-3-1-2-8(6-10)11(16)9-4-5-17-7-9/h8-10H,1-7H2. The summed E-state index contributed by atoms with van der Waals surface area (Å²) in [5.41, 5.74) is 0. The minimum absolute atomic E-state index is 0.00329. The number of alkyl halides is 3. The van der Waals surface area contributed by atoms with Crippen molar-refractivity contribution in [2.45, 2.75) is 38.3 Å². The zero-order valence-corrected chi connectivity index (χ0v) is 9.63. The molecule has 1 saturated carbocycles. The summed E-state index contributed by atoms with van der Waals surface area (Å²) in [4.78, 5) is 12.0. The summed E-state index contributed by atoms with van der Waals surface area (Å²) >= 11 is 0. The predicted molar refractivity (Wildman–Crippen MR) is 55.4 cm³/mol. The van der Waals surface area contributed by atoms with E-state index < -0.39 is 18.0 Å². The number of rotatable bonds is 2. The second kappa shape index (κ2) is 4.96. The molecule has 0 amide bonds. The van der Waals surface area contributed by atoms with Crippen LogP contribution in [-0.4, -0.2) is 25.2 Å². The fourth-order valence-electron chi connectivity index (χ4n) is 2.84.